The second kappa shape index (κ2) is 12.3. The predicted octanol–water partition coefficient (Wildman–Crippen LogP) is 3.82. The maximum absolute atomic E-state index is 5.57. The highest BCUT2D eigenvalue weighted by Crippen LogP contribution is 2.30. The van der Waals surface area contributed by atoms with Crippen LogP contribution in [0.5, 0.6) is 11.5 Å². The standard InChI is InChI=1S/C20H34N4O2.HI/c1-6-26-18-10-9-17(12-19(18)25-5)23-20(21-4)22-13-16-8-7-11-24(14-16)15(2)3;/h9-10,12,15-16H,6-8,11,13-14H2,1-5H3,(H2,21,22,23);1H. The minimum absolute atomic E-state index is 0. The van der Waals surface area contributed by atoms with Crippen molar-refractivity contribution in [3.63, 3.8) is 0 Å². The highest BCUT2D eigenvalue weighted by Gasteiger charge is 2.21. The molecule has 0 bridgehead atoms. The van der Waals surface area contributed by atoms with Gasteiger partial charge in [0.2, 0.25) is 0 Å². The van der Waals surface area contributed by atoms with Crippen LogP contribution in [0.2, 0.25) is 0 Å². The number of anilines is 1. The lowest BCUT2D eigenvalue weighted by Gasteiger charge is -2.35. The Morgan fingerprint density at radius 2 is 2.11 bits per heavy atom. The summed E-state index contributed by atoms with van der Waals surface area (Å²) in [5.41, 5.74) is 0.922. The molecule has 2 N–H and O–H groups in total. The number of halogens is 1. The number of rotatable bonds is 7. The van der Waals surface area contributed by atoms with E-state index in [-0.39, 0.29) is 24.0 Å². The molecule has 27 heavy (non-hydrogen) atoms. The molecule has 1 atom stereocenters. The smallest absolute Gasteiger partial charge is 0.195 e. The van der Waals surface area contributed by atoms with Crippen LogP contribution in [0.25, 0.3) is 0 Å². The molecule has 2 rings (SSSR count). The van der Waals surface area contributed by atoms with E-state index in [1.807, 2.05) is 25.1 Å². The van der Waals surface area contributed by atoms with Crippen LogP contribution >= 0.6 is 24.0 Å². The van der Waals surface area contributed by atoms with Gasteiger partial charge in [-0.15, -0.1) is 24.0 Å². The van der Waals surface area contributed by atoms with E-state index in [1.165, 1.54) is 19.4 Å². The first kappa shape index (κ1) is 23.8. The van der Waals surface area contributed by atoms with Gasteiger partial charge in [0, 0.05) is 37.9 Å². The van der Waals surface area contributed by atoms with Crippen molar-refractivity contribution in [2.45, 2.75) is 39.7 Å². The van der Waals surface area contributed by atoms with Crippen LogP contribution in [-0.4, -0.2) is 57.3 Å². The first-order valence-corrected chi connectivity index (χ1v) is 9.59. The zero-order chi connectivity index (χ0) is 18.9. The highest BCUT2D eigenvalue weighted by molar-refractivity contribution is 14.0. The largest absolute Gasteiger partial charge is 0.493 e. The number of methoxy groups -OCH3 is 1. The summed E-state index contributed by atoms with van der Waals surface area (Å²) < 4.78 is 11.0. The van der Waals surface area contributed by atoms with Crippen molar-refractivity contribution in [3.05, 3.63) is 18.2 Å². The molecule has 1 aromatic carbocycles. The molecule has 1 aromatic rings. The molecule has 0 spiro atoms. The van der Waals surface area contributed by atoms with Crippen molar-refractivity contribution in [2.24, 2.45) is 10.9 Å². The van der Waals surface area contributed by atoms with Gasteiger partial charge in [-0.05, 0) is 58.2 Å². The molecule has 0 saturated carbocycles. The monoisotopic (exact) mass is 490 g/mol. The molecule has 1 fully saturated rings. The molecule has 0 amide bonds. The number of guanidine groups is 1. The number of nitrogens with zero attached hydrogens (tertiary/aromatic N) is 2. The maximum atomic E-state index is 5.57. The summed E-state index contributed by atoms with van der Waals surface area (Å²) in [5, 5.41) is 6.80. The van der Waals surface area contributed by atoms with Gasteiger partial charge < -0.3 is 25.0 Å². The minimum atomic E-state index is 0. The van der Waals surface area contributed by atoms with E-state index in [1.54, 1.807) is 14.2 Å². The Bertz CT molecular complexity index is 595. The van der Waals surface area contributed by atoms with E-state index < -0.39 is 0 Å². The van der Waals surface area contributed by atoms with Crippen LogP contribution in [0.3, 0.4) is 0 Å². The Morgan fingerprint density at radius 1 is 1.33 bits per heavy atom. The van der Waals surface area contributed by atoms with Gasteiger partial charge in [0.25, 0.3) is 0 Å². The van der Waals surface area contributed by atoms with Crippen LogP contribution in [0.15, 0.2) is 23.2 Å². The molecule has 1 aliphatic rings. The normalized spacial score (nSPS) is 18.0. The first-order valence-electron chi connectivity index (χ1n) is 9.59. The number of hydrogen-bond acceptors (Lipinski definition) is 4. The zero-order valence-corrected chi connectivity index (χ0v) is 19.6. The van der Waals surface area contributed by atoms with Gasteiger partial charge in [-0.1, -0.05) is 0 Å². The topological polar surface area (TPSA) is 58.1 Å². The Hall–Kier alpha value is -1.22. The Morgan fingerprint density at radius 3 is 2.74 bits per heavy atom. The fourth-order valence-corrected chi connectivity index (χ4v) is 3.31. The van der Waals surface area contributed by atoms with Gasteiger partial charge in [-0.2, -0.15) is 0 Å². The average Bonchev–Trinajstić information content (AvgIpc) is 2.66. The summed E-state index contributed by atoms with van der Waals surface area (Å²) >= 11 is 0. The maximum Gasteiger partial charge on any atom is 0.195 e. The number of piperidine rings is 1. The SMILES string of the molecule is CCOc1ccc(NC(=NC)NCC2CCCN(C(C)C)C2)cc1OC.I. The van der Waals surface area contributed by atoms with Crippen LogP contribution in [0, 0.1) is 5.92 Å². The number of ether oxygens (including phenoxy) is 2. The molecule has 1 saturated heterocycles. The molecule has 7 heteroatoms. The van der Waals surface area contributed by atoms with Crippen molar-refractivity contribution in [2.75, 3.05) is 45.7 Å². The lowest BCUT2D eigenvalue weighted by atomic mass is 9.97. The van der Waals surface area contributed by atoms with Gasteiger partial charge in [0.15, 0.2) is 17.5 Å². The minimum Gasteiger partial charge on any atom is -0.493 e. The predicted molar refractivity (Wildman–Crippen MR) is 124 cm³/mol. The van der Waals surface area contributed by atoms with Gasteiger partial charge in [0.05, 0.1) is 13.7 Å². The summed E-state index contributed by atoms with van der Waals surface area (Å²) in [6.07, 6.45) is 2.54. The van der Waals surface area contributed by atoms with Crippen LogP contribution in [0.1, 0.15) is 33.6 Å². The third-order valence-electron chi connectivity index (χ3n) is 4.79. The molecule has 1 aliphatic heterocycles. The summed E-state index contributed by atoms with van der Waals surface area (Å²) in [4.78, 5) is 6.90. The average molecular weight is 490 g/mol. The van der Waals surface area contributed by atoms with Crippen molar-refractivity contribution >= 4 is 35.6 Å². The van der Waals surface area contributed by atoms with Crippen LogP contribution < -0.4 is 20.1 Å². The zero-order valence-electron chi connectivity index (χ0n) is 17.2. The molecule has 0 aromatic heterocycles. The molecule has 0 radical (unpaired) electrons. The molecule has 0 aliphatic carbocycles. The number of aliphatic imine (C=N–C) groups is 1. The lowest BCUT2D eigenvalue weighted by molar-refractivity contribution is 0.141. The summed E-state index contributed by atoms with van der Waals surface area (Å²) in [7, 11) is 3.45. The number of benzene rings is 1. The van der Waals surface area contributed by atoms with Gasteiger partial charge in [-0.25, -0.2) is 0 Å². The number of nitrogens with one attached hydrogen (secondary N) is 2. The highest BCUT2D eigenvalue weighted by atomic mass is 127. The Labute approximate surface area is 181 Å². The first-order chi connectivity index (χ1) is 12.6. The molecular weight excluding hydrogens is 455 g/mol. The number of hydrogen-bond donors (Lipinski definition) is 2. The van der Waals surface area contributed by atoms with E-state index in [0.29, 0.717) is 24.3 Å². The van der Waals surface area contributed by atoms with E-state index in [0.717, 1.165) is 30.5 Å². The van der Waals surface area contributed by atoms with Crippen molar-refractivity contribution in [1.29, 1.82) is 0 Å². The number of likely N-dealkylation sites (tertiary alicyclic amines) is 1. The Kier molecular flexibility index (Phi) is 10.8. The molecule has 1 heterocycles. The quantitative estimate of drug-likeness (QED) is 0.346. The molecule has 6 nitrogen and oxygen atoms in total. The van der Waals surface area contributed by atoms with Crippen molar-refractivity contribution in [3.8, 4) is 11.5 Å². The van der Waals surface area contributed by atoms with E-state index in [4.69, 9.17) is 9.47 Å². The summed E-state index contributed by atoms with van der Waals surface area (Å²) in [6, 6.07) is 6.44. The van der Waals surface area contributed by atoms with Crippen LogP contribution in [-0.2, 0) is 0 Å². The lowest BCUT2D eigenvalue weighted by Crippen LogP contribution is -2.44. The fourth-order valence-electron chi connectivity index (χ4n) is 3.31. The van der Waals surface area contributed by atoms with E-state index in [2.05, 4.69) is 34.4 Å². The summed E-state index contributed by atoms with van der Waals surface area (Å²) in [5.74, 6) is 2.89. The van der Waals surface area contributed by atoms with Gasteiger partial charge >= 0.3 is 0 Å². The molecule has 1 unspecified atom stereocenters. The molecular formula is C20H35IN4O2. The van der Waals surface area contributed by atoms with Crippen LogP contribution in [0.4, 0.5) is 5.69 Å². The third kappa shape index (κ3) is 7.37. The fraction of sp³-hybridized carbons (Fsp3) is 0.650. The van der Waals surface area contributed by atoms with Crippen molar-refractivity contribution < 1.29 is 9.47 Å². The second-order valence-corrected chi connectivity index (χ2v) is 6.97. The van der Waals surface area contributed by atoms with Crippen molar-refractivity contribution in [1.82, 2.24) is 10.2 Å². The molecule has 154 valence electrons. The van der Waals surface area contributed by atoms with Gasteiger partial charge in [-0.3, -0.25) is 4.99 Å². The third-order valence-corrected chi connectivity index (χ3v) is 4.79. The summed E-state index contributed by atoms with van der Waals surface area (Å²) in [6.45, 7) is 10.4. The van der Waals surface area contributed by atoms with E-state index in [9.17, 15) is 0 Å². The Balaban J connectivity index is 0.00000364. The van der Waals surface area contributed by atoms with E-state index >= 15 is 0 Å². The van der Waals surface area contributed by atoms with Gasteiger partial charge in [0.1, 0.15) is 0 Å². The second-order valence-electron chi connectivity index (χ2n) is 6.97.